The van der Waals surface area contributed by atoms with Crippen molar-refractivity contribution in [3.63, 3.8) is 0 Å². The highest BCUT2D eigenvalue weighted by Crippen LogP contribution is 2.07. The van der Waals surface area contributed by atoms with E-state index in [4.69, 9.17) is 4.55 Å². The minimum absolute atomic E-state index is 0.420. The fourth-order valence-corrected chi connectivity index (χ4v) is 1.93. The van der Waals surface area contributed by atoms with Crippen LogP contribution >= 0.6 is 0 Å². The topological polar surface area (TPSA) is 62.2 Å². The van der Waals surface area contributed by atoms with Gasteiger partial charge in [-0.1, -0.05) is 18.2 Å². The van der Waals surface area contributed by atoms with Gasteiger partial charge in [0.05, 0.1) is 10.6 Å². The standard InChI is InChI=1S/C13H14N2O2S/c16-18(17)13-6-4-11(5-7-13)9-14-10-12-3-1-2-8-15-12/h1-8,14H,9-10H2,(H,16,17). The van der Waals surface area contributed by atoms with Gasteiger partial charge in [0.25, 0.3) is 0 Å². The second kappa shape index (κ2) is 6.39. The Bertz CT molecular complexity index is 514. The summed E-state index contributed by atoms with van der Waals surface area (Å²) >= 11 is -1.90. The lowest BCUT2D eigenvalue weighted by Gasteiger charge is -2.05. The molecule has 2 aromatic rings. The average Bonchev–Trinajstić information content (AvgIpc) is 2.40. The predicted molar refractivity (Wildman–Crippen MR) is 70.3 cm³/mol. The van der Waals surface area contributed by atoms with Crippen molar-refractivity contribution in [2.24, 2.45) is 0 Å². The zero-order valence-corrected chi connectivity index (χ0v) is 10.6. The third kappa shape index (κ3) is 3.73. The molecular weight excluding hydrogens is 248 g/mol. The maximum atomic E-state index is 10.8. The summed E-state index contributed by atoms with van der Waals surface area (Å²) in [6.45, 7) is 1.41. The molecule has 94 valence electrons. The van der Waals surface area contributed by atoms with Gasteiger partial charge in [-0.05, 0) is 29.8 Å². The average molecular weight is 262 g/mol. The molecule has 0 fully saturated rings. The molecule has 18 heavy (non-hydrogen) atoms. The van der Waals surface area contributed by atoms with E-state index in [-0.39, 0.29) is 0 Å². The number of rotatable bonds is 5. The molecule has 4 nitrogen and oxygen atoms in total. The van der Waals surface area contributed by atoms with E-state index in [0.29, 0.717) is 18.0 Å². The van der Waals surface area contributed by atoms with Gasteiger partial charge in [0.1, 0.15) is 0 Å². The summed E-state index contributed by atoms with van der Waals surface area (Å²) in [4.78, 5) is 4.63. The summed E-state index contributed by atoms with van der Waals surface area (Å²) in [5.41, 5.74) is 2.06. The molecule has 2 N–H and O–H groups in total. The Hall–Kier alpha value is -1.56. The minimum atomic E-state index is -1.90. The molecule has 0 amide bonds. The number of aromatic nitrogens is 1. The van der Waals surface area contributed by atoms with E-state index in [1.807, 2.05) is 30.3 Å². The molecule has 0 saturated carbocycles. The maximum absolute atomic E-state index is 10.8. The van der Waals surface area contributed by atoms with Crippen LogP contribution in [0.3, 0.4) is 0 Å². The summed E-state index contributed by atoms with van der Waals surface area (Å²) in [5, 5.41) is 3.27. The Morgan fingerprint density at radius 2 is 1.89 bits per heavy atom. The van der Waals surface area contributed by atoms with Crippen LogP contribution in [0.2, 0.25) is 0 Å². The van der Waals surface area contributed by atoms with E-state index in [1.165, 1.54) is 0 Å². The molecule has 0 aliphatic rings. The third-order valence-corrected chi connectivity index (χ3v) is 3.16. The molecule has 1 atom stereocenters. The fraction of sp³-hybridized carbons (Fsp3) is 0.154. The normalized spacial score (nSPS) is 12.3. The van der Waals surface area contributed by atoms with Gasteiger partial charge in [-0.25, -0.2) is 4.21 Å². The summed E-state index contributed by atoms with van der Waals surface area (Å²) in [7, 11) is 0. The lowest BCUT2D eigenvalue weighted by atomic mass is 10.2. The van der Waals surface area contributed by atoms with Crippen molar-refractivity contribution in [1.82, 2.24) is 10.3 Å². The lowest BCUT2D eigenvalue weighted by Crippen LogP contribution is -2.13. The van der Waals surface area contributed by atoms with Gasteiger partial charge in [-0.3, -0.25) is 4.98 Å². The van der Waals surface area contributed by atoms with E-state index >= 15 is 0 Å². The first-order valence-corrected chi connectivity index (χ1v) is 6.67. The molecule has 0 saturated heterocycles. The smallest absolute Gasteiger partial charge is 0.186 e. The second-order valence-electron chi connectivity index (χ2n) is 3.82. The van der Waals surface area contributed by atoms with E-state index in [9.17, 15) is 4.21 Å². The molecule has 0 aliphatic heterocycles. The summed E-state index contributed by atoms with van der Waals surface area (Å²) in [5.74, 6) is 0. The van der Waals surface area contributed by atoms with Crippen molar-refractivity contribution in [2.45, 2.75) is 18.0 Å². The molecule has 5 heteroatoms. The van der Waals surface area contributed by atoms with Crippen molar-refractivity contribution < 1.29 is 8.76 Å². The van der Waals surface area contributed by atoms with Gasteiger partial charge in [0.15, 0.2) is 11.1 Å². The molecule has 0 radical (unpaired) electrons. The summed E-state index contributed by atoms with van der Waals surface area (Å²) in [6, 6.07) is 12.8. The van der Waals surface area contributed by atoms with Crippen LogP contribution in [0.1, 0.15) is 11.3 Å². The quantitative estimate of drug-likeness (QED) is 0.808. The van der Waals surface area contributed by atoms with E-state index in [1.54, 1.807) is 18.3 Å². The molecule has 1 heterocycles. The largest absolute Gasteiger partial charge is 0.307 e. The van der Waals surface area contributed by atoms with Gasteiger partial charge in [-0.2, -0.15) is 0 Å². The molecule has 1 aromatic carbocycles. The van der Waals surface area contributed by atoms with Crippen LogP contribution in [-0.4, -0.2) is 13.7 Å². The highest BCUT2D eigenvalue weighted by molar-refractivity contribution is 7.79. The number of nitrogens with one attached hydrogen (secondary N) is 1. The molecule has 0 aliphatic carbocycles. The van der Waals surface area contributed by atoms with E-state index in [2.05, 4.69) is 10.3 Å². The number of nitrogens with zero attached hydrogens (tertiary/aromatic N) is 1. The predicted octanol–water partition coefficient (Wildman–Crippen LogP) is 1.95. The van der Waals surface area contributed by atoms with Crippen molar-refractivity contribution in [3.8, 4) is 0 Å². The van der Waals surface area contributed by atoms with Crippen LogP contribution in [0.25, 0.3) is 0 Å². The molecule has 2 rings (SSSR count). The van der Waals surface area contributed by atoms with Crippen LogP contribution in [-0.2, 0) is 24.2 Å². The molecule has 0 spiro atoms. The number of benzene rings is 1. The van der Waals surface area contributed by atoms with E-state index in [0.717, 1.165) is 11.3 Å². The van der Waals surface area contributed by atoms with Gasteiger partial charge in [-0.15, -0.1) is 0 Å². The first kappa shape index (κ1) is 12.9. The number of hydrogen-bond donors (Lipinski definition) is 2. The highest BCUT2D eigenvalue weighted by atomic mass is 32.2. The SMILES string of the molecule is O=S(O)c1ccc(CNCc2ccccn2)cc1. The van der Waals surface area contributed by atoms with Crippen molar-refractivity contribution in [2.75, 3.05) is 0 Å². The van der Waals surface area contributed by atoms with Gasteiger partial charge in [0.2, 0.25) is 0 Å². The third-order valence-electron chi connectivity index (χ3n) is 2.49. The van der Waals surface area contributed by atoms with Crippen LogP contribution in [0.5, 0.6) is 0 Å². The first-order valence-electron chi connectivity index (χ1n) is 5.56. The molecule has 1 aromatic heterocycles. The summed E-state index contributed by atoms with van der Waals surface area (Å²) < 4.78 is 19.7. The van der Waals surface area contributed by atoms with Crippen LogP contribution < -0.4 is 5.32 Å². The van der Waals surface area contributed by atoms with Crippen molar-refractivity contribution in [1.29, 1.82) is 0 Å². The Balaban J connectivity index is 1.85. The van der Waals surface area contributed by atoms with Crippen LogP contribution in [0.4, 0.5) is 0 Å². The number of hydrogen-bond acceptors (Lipinski definition) is 3. The lowest BCUT2D eigenvalue weighted by molar-refractivity contribution is 0.564. The zero-order chi connectivity index (χ0) is 12.8. The zero-order valence-electron chi connectivity index (χ0n) is 9.74. The second-order valence-corrected chi connectivity index (χ2v) is 4.79. The van der Waals surface area contributed by atoms with Gasteiger partial charge >= 0.3 is 0 Å². The van der Waals surface area contributed by atoms with Crippen molar-refractivity contribution in [3.05, 3.63) is 59.9 Å². The van der Waals surface area contributed by atoms with Gasteiger partial charge < -0.3 is 9.87 Å². The van der Waals surface area contributed by atoms with Gasteiger partial charge in [0, 0.05) is 19.3 Å². The fourth-order valence-electron chi connectivity index (χ4n) is 1.56. The maximum Gasteiger partial charge on any atom is 0.186 e. The molecular formula is C13H14N2O2S. The summed E-state index contributed by atoms with van der Waals surface area (Å²) in [6.07, 6.45) is 1.77. The Kier molecular flexibility index (Phi) is 4.58. The minimum Gasteiger partial charge on any atom is -0.307 e. The molecule has 1 unspecified atom stereocenters. The Labute approximate surface area is 108 Å². The van der Waals surface area contributed by atoms with Crippen molar-refractivity contribution >= 4 is 11.1 Å². The van der Waals surface area contributed by atoms with E-state index < -0.39 is 11.1 Å². The van der Waals surface area contributed by atoms with Crippen LogP contribution in [0.15, 0.2) is 53.6 Å². The molecule has 0 bridgehead atoms. The monoisotopic (exact) mass is 262 g/mol. The highest BCUT2D eigenvalue weighted by Gasteiger charge is 1.99. The first-order chi connectivity index (χ1) is 8.75. The number of pyridine rings is 1. The Morgan fingerprint density at radius 1 is 1.11 bits per heavy atom. The van der Waals surface area contributed by atoms with Crippen LogP contribution in [0, 0.1) is 0 Å². The Morgan fingerprint density at radius 3 is 2.50 bits per heavy atom.